The quantitative estimate of drug-likeness (QED) is 0.541. The highest BCUT2D eigenvalue weighted by Crippen LogP contribution is 2.03. The molecule has 0 aromatic rings. The van der Waals surface area contributed by atoms with Crippen molar-refractivity contribution < 1.29 is 9.53 Å². The van der Waals surface area contributed by atoms with Gasteiger partial charge in [0, 0.05) is 19.0 Å². The highest BCUT2D eigenvalue weighted by atomic mass is 16.5. The van der Waals surface area contributed by atoms with E-state index >= 15 is 0 Å². The van der Waals surface area contributed by atoms with Gasteiger partial charge in [0.05, 0.1) is 13.2 Å². The van der Waals surface area contributed by atoms with Crippen LogP contribution < -0.4 is 0 Å². The van der Waals surface area contributed by atoms with Gasteiger partial charge in [0.15, 0.2) is 0 Å². The number of carbonyl (C=O) groups excluding carboxylic acids is 1. The molecule has 3 nitrogen and oxygen atoms in total. The number of ether oxygens (including phenoxy) is 1. The summed E-state index contributed by atoms with van der Waals surface area (Å²) in [5.74, 6) is -0.360. The molecule has 1 fully saturated rings. The van der Waals surface area contributed by atoms with E-state index in [1.54, 1.807) is 11.8 Å². The normalized spacial score (nSPS) is 19.0. The third kappa shape index (κ3) is 2.19. The lowest BCUT2D eigenvalue weighted by atomic mass is 10.2. The van der Waals surface area contributed by atoms with Crippen molar-refractivity contribution in [2.24, 2.45) is 5.92 Å². The van der Waals surface area contributed by atoms with E-state index in [0.717, 1.165) is 0 Å². The minimum absolute atomic E-state index is 0.0216. The molecule has 0 saturated carbocycles. The summed E-state index contributed by atoms with van der Waals surface area (Å²) in [5, 5.41) is 0. The van der Waals surface area contributed by atoms with Crippen LogP contribution in [0.2, 0.25) is 0 Å². The lowest BCUT2D eigenvalue weighted by Crippen LogP contribution is -2.42. The summed E-state index contributed by atoms with van der Waals surface area (Å²) in [5.41, 5.74) is 0. The Morgan fingerprint density at radius 2 is 2.09 bits per heavy atom. The topological polar surface area (TPSA) is 29.5 Å². The van der Waals surface area contributed by atoms with E-state index in [-0.39, 0.29) is 11.8 Å². The maximum absolute atomic E-state index is 11.2. The van der Waals surface area contributed by atoms with E-state index in [2.05, 4.69) is 0 Å². The average molecular weight is 155 g/mol. The first-order valence-electron chi connectivity index (χ1n) is 3.84. The molecule has 0 aromatic carbocycles. The molecule has 11 heavy (non-hydrogen) atoms. The molecule has 1 aliphatic heterocycles. The summed E-state index contributed by atoms with van der Waals surface area (Å²) in [6.45, 7) is 9.78. The van der Waals surface area contributed by atoms with Gasteiger partial charge in [0.1, 0.15) is 0 Å². The number of hydrogen-bond acceptors (Lipinski definition) is 2. The summed E-state index contributed by atoms with van der Waals surface area (Å²) in [7, 11) is 0. The van der Waals surface area contributed by atoms with Gasteiger partial charge in [-0.2, -0.15) is 0 Å². The van der Waals surface area contributed by atoms with Crippen molar-refractivity contribution in [2.75, 3.05) is 26.3 Å². The Morgan fingerprint density at radius 1 is 1.55 bits per heavy atom. The smallest absolute Gasteiger partial charge is 0.225 e. The summed E-state index contributed by atoms with van der Waals surface area (Å²) in [4.78, 5) is 13.0. The number of hydrogen-bond donors (Lipinski definition) is 0. The van der Waals surface area contributed by atoms with Crippen LogP contribution in [0.15, 0.2) is 0 Å². The molecule has 2 radical (unpaired) electrons. The molecule has 3 heteroatoms. The Kier molecular flexibility index (Phi) is 2.88. The molecule has 1 saturated heterocycles. The third-order valence-corrected chi connectivity index (χ3v) is 1.71. The van der Waals surface area contributed by atoms with Gasteiger partial charge < -0.3 is 9.64 Å². The Labute approximate surface area is 67.3 Å². The van der Waals surface area contributed by atoms with Crippen LogP contribution in [0.3, 0.4) is 0 Å². The third-order valence-electron chi connectivity index (χ3n) is 1.71. The number of morpholine rings is 1. The summed E-state index contributed by atoms with van der Waals surface area (Å²) < 4.78 is 5.09. The number of rotatable bonds is 1. The molecule has 0 bridgehead atoms. The first kappa shape index (κ1) is 8.53. The van der Waals surface area contributed by atoms with Crippen LogP contribution in [0.1, 0.15) is 6.92 Å². The molecule has 62 valence electrons. The van der Waals surface area contributed by atoms with Gasteiger partial charge in [-0.3, -0.25) is 4.79 Å². The zero-order chi connectivity index (χ0) is 8.27. The Balaban J connectivity index is 2.39. The fraction of sp³-hybridized carbons (Fsp3) is 0.750. The predicted octanol–water partition coefficient (Wildman–Crippen LogP) is 0.192. The van der Waals surface area contributed by atoms with Gasteiger partial charge in [-0.15, -0.1) is 0 Å². The maximum Gasteiger partial charge on any atom is 0.225 e. The second kappa shape index (κ2) is 3.72. The molecule has 1 atom stereocenters. The van der Waals surface area contributed by atoms with Crippen molar-refractivity contribution in [3.05, 3.63) is 6.92 Å². The van der Waals surface area contributed by atoms with Crippen molar-refractivity contribution in [2.45, 2.75) is 6.92 Å². The molecule has 1 unspecified atom stereocenters. The van der Waals surface area contributed by atoms with Crippen LogP contribution in [-0.4, -0.2) is 37.1 Å². The Morgan fingerprint density at radius 3 is 2.55 bits per heavy atom. The van der Waals surface area contributed by atoms with E-state index in [1.165, 1.54) is 0 Å². The highest BCUT2D eigenvalue weighted by Gasteiger charge is 2.18. The minimum Gasteiger partial charge on any atom is -0.378 e. The summed E-state index contributed by atoms with van der Waals surface area (Å²) >= 11 is 0. The van der Waals surface area contributed by atoms with Crippen LogP contribution in [0.25, 0.3) is 0 Å². The summed E-state index contributed by atoms with van der Waals surface area (Å²) in [6, 6.07) is 0. The molecule has 1 heterocycles. The molecule has 1 amide bonds. The van der Waals surface area contributed by atoms with E-state index in [1.807, 2.05) is 0 Å². The molecule has 1 aliphatic rings. The van der Waals surface area contributed by atoms with Gasteiger partial charge in [-0.25, -0.2) is 0 Å². The van der Waals surface area contributed by atoms with Gasteiger partial charge in [-0.05, 0) is 6.92 Å². The standard InChI is InChI=1S/C8H13NO2/c1-7(2)8(10)9-3-5-11-6-4-9/h1,7H,3-6H2,2H3. The fourth-order valence-corrected chi connectivity index (χ4v) is 1.07. The molecule has 0 aliphatic carbocycles. The van der Waals surface area contributed by atoms with Crippen LogP contribution in [0.4, 0.5) is 0 Å². The van der Waals surface area contributed by atoms with E-state index < -0.39 is 0 Å². The van der Waals surface area contributed by atoms with Gasteiger partial charge in [0.2, 0.25) is 5.91 Å². The number of amides is 1. The monoisotopic (exact) mass is 155 g/mol. The maximum atomic E-state index is 11.2. The van der Waals surface area contributed by atoms with Crippen molar-refractivity contribution >= 4 is 5.91 Å². The van der Waals surface area contributed by atoms with Gasteiger partial charge in [-0.1, -0.05) is 6.92 Å². The minimum atomic E-state index is -0.381. The van der Waals surface area contributed by atoms with E-state index in [4.69, 9.17) is 11.7 Å². The average Bonchev–Trinajstić information content (AvgIpc) is 2.05. The first-order valence-corrected chi connectivity index (χ1v) is 3.84. The lowest BCUT2D eigenvalue weighted by Gasteiger charge is -2.28. The van der Waals surface area contributed by atoms with E-state index in [9.17, 15) is 4.79 Å². The fourth-order valence-electron chi connectivity index (χ4n) is 1.07. The van der Waals surface area contributed by atoms with Crippen LogP contribution >= 0.6 is 0 Å². The number of carbonyl (C=O) groups is 1. The lowest BCUT2D eigenvalue weighted by molar-refractivity contribution is -0.137. The Hall–Kier alpha value is -0.570. The predicted molar refractivity (Wildman–Crippen MR) is 40.9 cm³/mol. The van der Waals surface area contributed by atoms with Crippen molar-refractivity contribution in [3.8, 4) is 0 Å². The molecular weight excluding hydrogens is 142 g/mol. The van der Waals surface area contributed by atoms with Crippen LogP contribution in [-0.2, 0) is 9.53 Å². The molecule has 1 rings (SSSR count). The van der Waals surface area contributed by atoms with Crippen molar-refractivity contribution in [3.63, 3.8) is 0 Å². The summed E-state index contributed by atoms with van der Waals surface area (Å²) in [6.07, 6.45) is 0. The second-order valence-electron chi connectivity index (χ2n) is 2.73. The first-order chi connectivity index (χ1) is 5.22. The van der Waals surface area contributed by atoms with Crippen molar-refractivity contribution in [1.82, 2.24) is 4.90 Å². The molecule has 0 N–H and O–H groups in total. The number of nitrogens with zero attached hydrogens (tertiary/aromatic N) is 1. The van der Waals surface area contributed by atoms with Gasteiger partial charge in [0.25, 0.3) is 0 Å². The SMILES string of the molecule is [CH]C(C)C(=O)N1CCOCC1. The highest BCUT2D eigenvalue weighted by molar-refractivity contribution is 5.79. The second-order valence-corrected chi connectivity index (χ2v) is 2.73. The zero-order valence-corrected chi connectivity index (χ0v) is 6.75. The zero-order valence-electron chi connectivity index (χ0n) is 6.75. The van der Waals surface area contributed by atoms with Crippen LogP contribution in [0, 0.1) is 12.8 Å². The molecule has 0 spiro atoms. The molecule has 0 aromatic heterocycles. The Bertz CT molecular complexity index is 139. The largest absolute Gasteiger partial charge is 0.378 e. The molecular formula is C8H13NO2. The van der Waals surface area contributed by atoms with Crippen molar-refractivity contribution in [1.29, 1.82) is 0 Å². The van der Waals surface area contributed by atoms with Crippen LogP contribution in [0.5, 0.6) is 0 Å². The van der Waals surface area contributed by atoms with Gasteiger partial charge >= 0.3 is 0 Å². The van der Waals surface area contributed by atoms with E-state index in [0.29, 0.717) is 26.3 Å².